The molecule has 0 spiro atoms. The summed E-state index contributed by atoms with van der Waals surface area (Å²) in [4.78, 5) is 5.15. The van der Waals surface area contributed by atoms with E-state index in [1.807, 2.05) is 0 Å². The quantitative estimate of drug-likeness (QED) is 0.0897. The van der Waals surface area contributed by atoms with Crippen LogP contribution in [-0.4, -0.2) is 9.13 Å². The van der Waals surface area contributed by atoms with E-state index in [0.717, 1.165) is 89.1 Å². The van der Waals surface area contributed by atoms with Gasteiger partial charge < -0.3 is 18.9 Å². The van der Waals surface area contributed by atoms with E-state index < -0.39 is 0 Å². The van der Waals surface area contributed by atoms with Crippen molar-refractivity contribution in [3.63, 3.8) is 0 Å². The van der Waals surface area contributed by atoms with Gasteiger partial charge in [-0.15, -0.1) is 0 Å². The Morgan fingerprint density at radius 1 is 0.175 bits per heavy atom. The molecule has 0 amide bonds. The van der Waals surface area contributed by atoms with Crippen molar-refractivity contribution >= 4 is 110 Å². The van der Waals surface area contributed by atoms with E-state index in [9.17, 15) is 0 Å². The molecule has 0 N–H and O–H groups in total. The van der Waals surface area contributed by atoms with Crippen molar-refractivity contribution in [3.8, 4) is 11.4 Å². The summed E-state index contributed by atoms with van der Waals surface area (Å²) in [5.74, 6) is 0. The van der Waals surface area contributed by atoms with Crippen LogP contribution in [0.25, 0.3) is 87.3 Å². The van der Waals surface area contributed by atoms with Gasteiger partial charge in [-0.2, -0.15) is 0 Å². The molecule has 18 rings (SSSR count). The van der Waals surface area contributed by atoms with E-state index in [0.29, 0.717) is 0 Å². The van der Waals surface area contributed by atoms with E-state index in [-0.39, 0.29) is 43.3 Å². The maximum atomic E-state index is 2.63. The molecular weight excluding hydrogens is 1450 g/mol. The normalized spacial score (nSPS) is 13.0. The lowest BCUT2D eigenvalue weighted by atomic mass is 9.78. The van der Waals surface area contributed by atoms with E-state index in [1.54, 1.807) is 0 Å². The van der Waals surface area contributed by atoms with Crippen molar-refractivity contribution in [3.05, 3.63) is 394 Å². The summed E-state index contributed by atoms with van der Waals surface area (Å²) in [5.41, 5.74) is 27.0. The van der Waals surface area contributed by atoms with Gasteiger partial charge in [0, 0.05) is 98.3 Å². The Kier molecular flexibility index (Phi) is 18.9. The van der Waals surface area contributed by atoms with Gasteiger partial charge in [-0.05, 0) is 198 Å². The van der Waals surface area contributed by atoms with Gasteiger partial charge in [0.15, 0.2) is 0 Å². The number of nitrogens with zero attached hydrogens (tertiary/aromatic N) is 4. The molecule has 0 aliphatic rings. The summed E-state index contributed by atoms with van der Waals surface area (Å²) in [6.45, 7) is 47.0. The molecule has 0 radical (unpaired) electrons. The molecule has 18 aromatic rings. The van der Waals surface area contributed by atoms with Crippen molar-refractivity contribution in [1.82, 2.24) is 9.13 Å². The van der Waals surface area contributed by atoms with Crippen LogP contribution in [0, 0.1) is 0 Å². The molecule has 0 saturated heterocycles. The van der Waals surface area contributed by atoms with Gasteiger partial charge in [0.1, 0.15) is 0 Å². The number of rotatable bonds is 16. The van der Waals surface area contributed by atoms with Crippen molar-refractivity contribution in [1.29, 1.82) is 0 Å². The van der Waals surface area contributed by atoms with Crippen LogP contribution in [0.2, 0.25) is 0 Å². The minimum Gasteiger partial charge on any atom is -0.310 e. The van der Waals surface area contributed by atoms with Crippen molar-refractivity contribution in [2.45, 2.75) is 182 Å². The highest BCUT2D eigenvalue weighted by Crippen LogP contribution is 2.55. The minimum absolute atomic E-state index is 0.0846. The SMILES string of the molecule is CC(C)(C)c1ccc(N(c2ccc(C(C)(C)c3ccccc3)cc2)c2cc(-n3c4ccc(C(C)(C)C)cc4c4cc(C(C)(C)c5ccccc5)ccc43)c3ccc4c(-n5c6ccc(C(C)(C)C)cc6c6cc(C(C)(C)c7ccccc7)ccc65)cc(N(c5ccc(C(C)(C)C)cc5)c5ccc(C(C)(C)c6ccccc6)cc5)c5ccc2c3c54)cc1. The van der Waals surface area contributed by atoms with Crippen LogP contribution in [-0.2, 0) is 43.3 Å². The monoisotopic (exact) mass is 1560 g/mol. The largest absolute Gasteiger partial charge is 0.310 e. The average molecular weight is 1560 g/mol. The first-order chi connectivity index (χ1) is 57.1. The van der Waals surface area contributed by atoms with Crippen LogP contribution in [0.15, 0.2) is 328 Å². The number of hydrogen-bond donors (Lipinski definition) is 0. The van der Waals surface area contributed by atoms with E-state index >= 15 is 0 Å². The Hall–Kier alpha value is -12.2. The van der Waals surface area contributed by atoms with Gasteiger partial charge in [0.05, 0.1) is 44.8 Å². The Morgan fingerprint density at radius 3 is 0.642 bits per heavy atom. The molecule has 0 bridgehead atoms. The summed E-state index contributed by atoms with van der Waals surface area (Å²) in [7, 11) is 0. The standard InChI is InChI=1S/C116H114N4/c1-109(2,3)75-41-53-87(54-42-75)117(89-57-45-81(46-58-89)113(13,14)77-33-25-21-26-34-77)103-73-105(119-99-65-49-83(111(7,8)9)69-95(99)97-71-85(51-67-101(97)119)115(17,18)79-37-29-23-30-38-79)93-63-64-94-106(120-100-66-50-84(112(10,11)12)70-96(100)98-72-86(52-68-102(98)120)116(19,20)80-39-31-24-32-40-80)74-104(92-62-61-91(103)107(93)108(92)94)118(88-55-43-76(44-56-88)110(4,5)6)90-59-47-82(48-60-90)114(15,16)78-35-27-22-28-36-78/h21-74H,1-20H3. The van der Waals surface area contributed by atoms with Gasteiger partial charge in [-0.25, -0.2) is 0 Å². The van der Waals surface area contributed by atoms with Crippen molar-refractivity contribution in [2.24, 2.45) is 0 Å². The molecule has 2 aromatic heterocycles. The fourth-order valence-electron chi connectivity index (χ4n) is 19.2. The zero-order valence-corrected chi connectivity index (χ0v) is 74.0. The lowest BCUT2D eigenvalue weighted by Crippen LogP contribution is -2.19. The molecule has 120 heavy (non-hydrogen) atoms. The number of benzene rings is 16. The van der Waals surface area contributed by atoms with Gasteiger partial charge in [0.25, 0.3) is 0 Å². The fourth-order valence-corrected chi connectivity index (χ4v) is 19.2. The molecule has 0 aliphatic heterocycles. The molecular formula is C116H114N4. The highest BCUT2D eigenvalue weighted by atomic mass is 15.2. The molecule has 2 heterocycles. The Bertz CT molecular complexity index is 6480. The smallest absolute Gasteiger partial charge is 0.0562 e. The second-order valence-corrected chi connectivity index (χ2v) is 40.3. The first kappa shape index (κ1) is 78.9. The number of aromatic nitrogens is 2. The van der Waals surface area contributed by atoms with E-state index in [2.05, 4.69) is 485 Å². The third-order valence-corrected chi connectivity index (χ3v) is 27.1. The molecule has 16 aromatic carbocycles. The number of hydrogen-bond acceptors (Lipinski definition) is 2. The number of anilines is 6. The fraction of sp³-hybridized carbons (Fsp3) is 0.241. The second-order valence-electron chi connectivity index (χ2n) is 40.3. The zero-order chi connectivity index (χ0) is 84.1. The molecule has 0 atom stereocenters. The predicted octanol–water partition coefficient (Wildman–Crippen LogP) is 32.2. The van der Waals surface area contributed by atoms with Gasteiger partial charge >= 0.3 is 0 Å². The first-order valence-electron chi connectivity index (χ1n) is 43.3. The predicted molar refractivity (Wildman–Crippen MR) is 517 cm³/mol. The van der Waals surface area contributed by atoms with Crippen LogP contribution in [0.1, 0.15) is 205 Å². The van der Waals surface area contributed by atoms with Gasteiger partial charge in [-0.1, -0.05) is 357 Å². The van der Waals surface area contributed by atoms with Crippen LogP contribution >= 0.6 is 0 Å². The van der Waals surface area contributed by atoms with Crippen LogP contribution in [0.4, 0.5) is 34.1 Å². The van der Waals surface area contributed by atoms with Crippen LogP contribution < -0.4 is 9.80 Å². The Labute approximate surface area is 711 Å². The lowest BCUT2D eigenvalue weighted by molar-refractivity contribution is 0.590. The second kappa shape index (κ2) is 28.8. The van der Waals surface area contributed by atoms with Crippen molar-refractivity contribution in [2.75, 3.05) is 9.80 Å². The Morgan fingerprint density at radius 2 is 0.383 bits per heavy atom. The lowest BCUT2D eigenvalue weighted by Gasteiger charge is -2.32. The molecule has 4 heteroatoms. The topological polar surface area (TPSA) is 16.3 Å². The molecule has 0 aliphatic carbocycles. The highest BCUT2D eigenvalue weighted by Gasteiger charge is 2.34. The molecule has 0 saturated carbocycles. The summed E-state index contributed by atoms with van der Waals surface area (Å²) in [5, 5.41) is 11.9. The maximum absolute atomic E-state index is 2.63. The summed E-state index contributed by atoms with van der Waals surface area (Å²) in [6, 6.07) is 126. The first-order valence-corrected chi connectivity index (χ1v) is 43.3. The zero-order valence-electron chi connectivity index (χ0n) is 74.0. The van der Waals surface area contributed by atoms with Crippen LogP contribution in [0.5, 0.6) is 0 Å². The van der Waals surface area contributed by atoms with Gasteiger partial charge in [-0.3, -0.25) is 0 Å². The number of fused-ring (bicyclic) bond motifs is 6. The minimum atomic E-state index is -0.300. The molecule has 0 fully saturated rings. The third-order valence-electron chi connectivity index (χ3n) is 27.1. The van der Waals surface area contributed by atoms with E-state index in [4.69, 9.17) is 0 Å². The maximum Gasteiger partial charge on any atom is 0.0562 e. The summed E-state index contributed by atoms with van der Waals surface area (Å²) >= 11 is 0. The Balaban J connectivity index is 1.02. The molecule has 0 unspecified atom stereocenters. The summed E-state index contributed by atoms with van der Waals surface area (Å²) in [6.07, 6.45) is 0. The molecule has 4 nitrogen and oxygen atoms in total. The van der Waals surface area contributed by atoms with Gasteiger partial charge in [0.2, 0.25) is 0 Å². The third kappa shape index (κ3) is 13.5. The molecule has 598 valence electrons. The highest BCUT2D eigenvalue weighted by molar-refractivity contribution is 6.32. The van der Waals surface area contributed by atoms with E-state index in [1.165, 1.54) is 99.1 Å². The van der Waals surface area contributed by atoms with Crippen LogP contribution in [0.3, 0.4) is 0 Å². The van der Waals surface area contributed by atoms with Crippen molar-refractivity contribution < 1.29 is 0 Å². The summed E-state index contributed by atoms with van der Waals surface area (Å²) < 4.78 is 5.27. The average Bonchev–Trinajstić information content (AvgIpc) is 1.25.